The van der Waals surface area contributed by atoms with Gasteiger partial charge in [-0.25, -0.2) is 0 Å². The van der Waals surface area contributed by atoms with E-state index in [0.717, 1.165) is 11.1 Å². The molecule has 0 heterocycles. The molecule has 2 atom stereocenters. The van der Waals surface area contributed by atoms with Crippen LogP contribution in [0.3, 0.4) is 0 Å². The number of nitrogens with one attached hydrogen (secondary N) is 1. The van der Waals surface area contributed by atoms with Crippen LogP contribution in [0, 0.1) is 5.92 Å². The normalized spacial score (nSPS) is 26.5. The highest BCUT2D eigenvalue weighted by Gasteiger charge is 2.32. The molecule has 3 heteroatoms. The summed E-state index contributed by atoms with van der Waals surface area (Å²) in [6.45, 7) is 0. The van der Waals surface area contributed by atoms with Gasteiger partial charge in [0.05, 0.1) is 12.1 Å². The molecule has 0 spiro atoms. The van der Waals surface area contributed by atoms with E-state index >= 15 is 0 Å². The van der Waals surface area contributed by atoms with Gasteiger partial charge in [-0.3, -0.25) is 4.79 Å². The minimum Gasteiger partial charge on any atom is -0.390 e. The van der Waals surface area contributed by atoms with Gasteiger partial charge in [0, 0.05) is 12.8 Å². The number of rotatable bonds is 3. The molecule has 0 aromatic heterocycles. The Balaban J connectivity index is 1.66. The molecule has 2 N–H and O–H groups in total. The average molecular weight is 245 g/mol. The monoisotopic (exact) mass is 245 g/mol. The molecule has 2 aliphatic rings. The van der Waals surface area contributed by atoms with Crippen molar-refractivity contribution in [3.8, 4) is 0 Å². The van der Waals surface area contributed by atoms with E-state index in [2.05, 4.69) is 5.32 Å². The zero-order valence-electron chi connectivity index (χ0n) is 10.4. The highest BCUT2D eigenvalue weighted by molar-refractivity contribution is 5.77. The summed E-state index contributed by atoms with van der Waals surface area (Å²) in [4.78, 5) is 11.9. The first kappa shape index (κ1) is 11.7. The first-order valence-corrected chi connectivity index (χ1v) is 6.79. The number of fused-ring (bicyclic) bond motifs is 1. The summed E-state index contributed by atoms with van der Waals surface area (Å²) in [5.74, 6) is 0.652. The van der Waals surface area contributed by atoms with Gasteiger partial charge in [-0.2, -0.15) is 0 Å². The SMILES string of the molecule is O=C(CC1CCC1)N[C@@H]1c2ccccc2C[C@@H]1O. The first-order valence-electron chi connectivity index (χ1n) is 6.79. The quantitative estimate of drug-likeness (QED) is 0.855. The molecule has 18 heavy (non-hydrogen) atoms. The molecular formula is C15H19NO2. The molecule has 0 unspecified atom stereocenters. The summed E-state index contributed by atoms with van der Waals surface area (Å²) in [6, 6.07) is 7.75. The predicted octanol–water partition coefficient (Wildman–Crippen LogP) is 1.95. The minimum absolute atomic E-state index is 0.0838. The van der Waals surface area contributed by atoms with Gasteiger partial charge in [0.1, 0.15) is 0 Å². The third kappa shape index (κ3) is 2.15. The van der Waals surface area contributed by atoms with Crippen molar-refractivity contribution in [2.75, 3.05) is 0 Å². The number of hydrogen-bond acceptors (Lipinski definition) is 2. The number of hydrogen-bond donors (Lipinski definition) is 2. The van der Waals surface area contributed by atoms with Crippen LogP contribution in [0.4, 0.5) is 0 Å². The Morgan fingerprint density at radius 3 is 2.83 bits per heavy atom. The average Bonchev–Trinajstić information content (AvgIpc) is 2.61. The maximum Gasteiger partial charge on any atom is 0.220 e. The summed E-state index contributed by atoms with van der Waals surface area (Å²) >= 11 is 0. The zero-order valence-corrected chi connectivity index (χ0v) is 10.4. The fourth-order valence-electron chi connectivity index (χ4n) is 2.94. The Morgan fingerprint density at radius 2 is 2.11 bits per heavy atom. The Bertz CT molecular complexity index is 454. The van der Waals surface area contributed by atoms with Gasteiger partial charge in [-0.15, -0.1) is 0 Å². The van der Waals surface area contributed by atoms with Crippen molar-refractivity contribution in [2.24, 2.45) is 5.92 Å². The standard InChI is InChI=1S/C15H19NO2/c17-13-9-11-6-1-2-7-12(11)15(13)16-14(18)8-10-4-3-5-10/h1-2,6-7,10,13,15,17H,3-5,8-9H2,(H,16,18)/t13-,15+/m0/s1. The van der Waals surface area contributed by atoms with Gasteiger partial charge < -0.3 is 10.4 Å². The van der Waals surface area contributed by atoms with E-state index < -0.39 is 6.10 Å². The number of aliphatic hydroxyl groups excluding tert-OH is 1. The second kappa shape index (κ2) is 4.73. The molecule has 0 radical (unpaired) electrons. The second-order valence-corrected chi connectivity index (χ2v) is 5.52. The number of carbonyl (C=O) groups excluding carboxylic acids is 1. The van der Waals surface area contributed by atoms with E-state index in [1.807, 2.05) is 24.3 Å². The lowest BCUT2D eigenvalue weighted by Gasteiger charge is -2.26. The van der Waals surface area contributed by atoms with Crippen molar-refractivity contribution in [1.82, 2.24) is 5.32 Å². The predicted molar refractivity (Wildman–Crippen MR) is 69.0 cm³/mol. The van der Waals surface area contributed by atoms with Crippen LogP contribution < -0.4 is 5.32 Å². The van der Waals surface area contributed by atoms with Crippen molar-refractivity contribution in [3.05, 3.63) is 35.4 Å². The molecule has 3 nitrogen and oxygen atoms in total. The lowest BCUT2D eigenvalue weighted by molar-refractivity contribution is -0.124. The lowest BCUT2D eigenvalue weighted by atomic mass is 9.83. The maximum atomic E-state index is 11.9. The van der Waals surface area contributed by atoms with Crippen LogP contribution in [0.5, 0.6) is 0 Å². The van der Waals surface area contributed by atoms with Crippen LogP contribution in [-0.2, 0) is 11.2 Å². The third-order valence-electron chi connectivity index (χ3n) is 4.22. The number of carbonyl (C=O) groups is 1. The highest BCUT2D eigenvalue weighted by Crippen LogP contribution is 2.33. The van der Waals surface area contributed by atoms with E-state index in [1.54, 1.807) is 0 Å². The van der Waals surface area contributed by atoms with E-state index in [-0.39, 0.29) is 11.9 Å². The van der Waals surface area contributed by atoms with Crippen LogP contribution in [0.15, 0.2) is 24.3 Å². The Kier molecular flexibility index (Phi) is 3.08. The molecule has 0 bridgehead atoms. The van der Waals surface area contributed by atoms with E-state index in [1.165, 1.54) is 19.3 Å². The van der Waals surface area contributed by atoms with Gasteiger partial charge in [0.15, 0.2) is 0 Å². The summed E-state index contributed by atoms with van der Waals surface area (Å²) in [5, 5.41) is 13.0. The zero-order chi connectivity index (χ0) is 12.5. The molecule has 1 aromatic carbocycles. The van der Waals surface area contributed by atoms with Gasteiger partial charge in [0.2, 0.25) is 5.91 Å². The fourth-order valence-corrected chi connectivity index (χ4v) is 2.94. The summed E-state index contributed by atoms with van der Waals surface area (Å²) in [7, 11) is 0. The van der Waals surface area contributed by atoms with E-state index in [0.29, 0.717) is 18.8 Å². The molecule has 1 amide bonds. The lowest BCUT2D eigenvalue weighted by Crippen LogP contribution is -2.35. The van der Waals surface area contributed by atoms with Crippen LogP contribution in [0.2, 0.25) is 0 Å². The first-order chi connectivity index (χ1) is 8.74. The van der Waals surface area contributed by atoms with Crippen molar-refractivity contribution in [3.63, 3.8) is 0 Å². The second-order valence-electron chi connectivity index (χ2n) is 5.52. The third-order valence-corrected chi connectivity index (χ3v) is 4.22. The van der Waals surface area contributed by atoms with Crippen molar-refractivity contribution < 1.29 is 9.90 Å². The summed E-state index contributed by atoms with van der Waals surface area (Å²) in [6.07, 6.45) is 4.39. The number of benzene rings is 1. The summed E-state index contributed by atoms with van der Waals surface area (Å²) < 4.78 is 0. The minimum atomic E-state index is -0.479. The topological polar surface area (TPSA) is 49.3 Å². The van der Waals surface area contributed by atoms with Crippen LogP contribution in [0.25, 0.3) is 0 Å². The molecule has 1 fully saturated rings. The smallest absolute Gasteiger partial charge is 0.220 e. The molecule has 0 saturated heterocycles. The highest BCUT2D eigenvalue weighted by atomic mass is 16.3. The molecule has 1 aromatic rings. The molecule has 2 aliphatic carbocycles. The molecule has 0 aliphatic heterocycles. The van der Waals surface area contributed by atoms with E-state index in [9.17, 15) is 9.90 Å². The summed E-state index contributed by atoms with van der Waals surface area (Å²) in [5.41, 5.74) is 2.23. The molecule has 96 valence electrons. The maximum absolute atomic E-state index is 11.9. The van der Waals surface area contributed by atoms with Gasteiger partial charge >= 0.3 is 0 Å². The van der Waals surface area contributed by atoms with E-state index in [4.69, 9.17) is 0 Å². The van der Waals surface area contributed by atoms with Gasteiger partial charge in [-0.1, -0.05) is 30.7 Å². The van der Waals surface area contributed by atoms with Gasteiger partial charge in [-0.05, 0) is 29.9 Å². The van der Waals surface area contributed by atoms with Crippen LogP contribution in [0.1, 0.15) is 42.9 Å². The Hall–Kier alpha value is -1.35. The largest absolute Gasteiger partial charge is 0.390 e. The number of amides is 1. The van der Waals surface area contributed by atoms with Crippen molar-refractivity contribution in [1.29, 1.82) is 0 Å². The Morgan fingerprint density at radius 1 is 1.33 bits per heavy atom. The van der Waals surface area contributed by atoms with Crippen LogP contribution in [-0.4, -0.2) is 17.1 Å². The van der Waals surface area contributed by atoms with Gasteiger partial charge in [0.25, 0.3) is 0 Å². The van der Waals surface area contributed by atoms with Crippen molar-refractivity contribution >= 4 is 5.91 Å². The fraction of sp³-hybridized carbons (Fsp3) is 0.533. The van der Waals surface area contributed by atoms with Crippen LogP contribution >= 0.6 is 0 Å². The molecule has 3 rings (SSSR count). The Labute approximate surface area is 107 Å². The van der Waals surface area contributed by atoms with Crippen molar-refractivity contribution in [2.45, 2.75) is 44.2 Å². The molecule has 1 saturated carbocycles. The molecular weight excluding hydrogens is 226 g/mol. The number of aliphatic hydroxyl groups is 1.